The highest BCUT2D eigenvalue weighted by Gasteiger charge is 2.45. The Morgan fingerprint density at radius 3 is 3.11 bits per heavy atom. The Hall–Kier alpha value is -0.580. The summed E-state index contributed by atoms with van der Waals surface area (Å²) in [5, 5.41) is 5.91. The van der Waals surface area contributed by atoms with Crippen LogP contribution in [0.15, 0.2) is 11.4 Å². The van der Waals surface area contributed by atoms with Gasteiger partial charge in [0, 0.05) is 25.7 Å². The van der Waals surface area contributed by atoms with Gasteiger partial charge in [0.05, 0.1) is 5.02 Å². The molecule has 1 amide bonds. The number of nitrogens with one attached hydrogen (secondary N) is 1. The van der Waals surface area contributed by atoms with Crippen molar-refractivity contribution in [3.05, 3.63) is 21.3 Å². The van der Waals surface area contributed by atoms with Crippen LogP contribution in [-0.2, 0) is 0 Å². The number of thiophene rings is 1. The second-order valence-corrected chi connectivity index (χ2v) is 6.44. The summed E-state index contributed by atoms with van der Waals surface area (Å²) < 4.78 is 0. The molecule has 0 bridgehead atoms. The van der Waals surface area contributed by atoms with E-state index in [1.54, 1.807) is 6.07 Å². The minimum Gasteiger partial charge on any atom is -0.334 e. The lowest BCUT2D eigenvalue weighted by Gasteiger charge is -2.26. The molecular formula is C13H17ClN2OS. The van der Waals surface area contributed by atoms with Crippen LogP contribution in [0.25, 0.3) is 0 Å². The zero-order chi connectivity index (χ0) is 12.7. The lowest BCUT2D eigenvalue weighted by molar-refractivity contribution is 0.0717. The predicted octanol–water partition coefficient (Wildman–Crippen LogP) is 2.47. The van der Waals surface area contributed by atoms with Crippen molar-refractivity contribution in [2.75, 3.05) is 19.6 Å². The van der Waals surface area contributed by atoms with Crippen molar-refractivity contribution in [1.82, 2.24) is 10.2 Å². The van der Waals surface area contributed by atoms with Crippen LogP contribution in [0.5, 0.6) is 0 Å². The topological polar surface area (TPSA) is 32.3 Å². The van der Waals surface area contributed by atoms with Crippen LogP contribution in [0.3, 0.4) is 0 Å². The lowest BCUT2D eigenvalue weighted by atomic mass is 9.93. The Balaban J connectivity index is 1.84. The molecular weight excluding hydrogens is 268 g/mol. The van der Waals surface area contributed by atoms with Gasteiger partial charge in [0.2, 0.25) is 0 Å². The van der Waals surface area contributed by atoms with Crippen molar-refractivity contribution in [3.8, 4) is 0 Å². The number of likely N-dealkylation sites (tertiary alicyclic amines) is 1. The lowest BCUT2D eigenvalue weighted by Crippen LogP contribution is -2.39. The van der Waals surface area contributed by atoms with Gasteiger partial charge in [-0.2, -0.15) is 0 Å². The largest absolute Gasteiger partial charge is 0.334 e. The highest BCUT2D eigenvalue weighted by Crippen LogP contribution is 2.36. The van der Waals surface area contributed by atoms with Gasteiger partial charge in [-0.1, -0.05) is 18.5 Å². The maximum Gasteiger partial charge on any atom is 0.265 e. The molecule has 0 saturated carbocycles. The molecule has 1 aromatic heterocycles. The van der Waals surface area contributed by atoms with Gasteiger partial charge in [0.25, 0.3) is 5.91 Å². The van der Waals surface area contributed by atoms with Gasteiger partial charge in [-0.25, -0.2) is 0 Å². The Kier molecular flexibility index (Phi) is 3.34. The summed E-state index contributed by atoms with van der Waals surface area (Å²) in [4.78, 5) is 15.3. The smallest absolute Gasteiger partial charge is 0.265 e. The number of amides is 1. The minimum atomic E-state index is 0.122. The summed E-state index contributed by atoms with van der Waals surface area (Å²) in [5.41, 5.74) is 0. The van der Waals surface area contributed by atoms with Crippen molar-refractivity contribution in [2.24, 2.45) is 11.8 Å². The molecule has 1 N–H and O–H groups in total. The average molecular weight is 285 g/mol. The van der Waals surface area contributed by atoms with E-state index < -0.39 is 0 Å². The second-order valence-electron chi connectivity index (χ2n) is 5.11. The second kappa shape index (κ2) is 4.83. The van der Waals surface area contributed by atoms with Gasteiger partial charge in [-0.05, 0) is 29.7 Å². The standard InChI is InChI=1S/C13H17ClN2OS/c1-2-11-9-6-15-5-8(9)7-16(11)13(17)12-10(14)3-4-18-12/h3-4,8-9,11,15H,2,5-7H2,1H3. The fourth-order valence-corrected chi connectivity index (χ4v) is 4.45. The van der Waals surface area contributed by atoms with Crippen LogP contribution in [0.1, 0.15) is 23.0 Å². The zero-order valence-corrected chi connectivity index (χ0v) is 11.9. The van der Waals surface area contributed by atoms with Crippen molar-refractivity contribution < 1.29 is 4.79 Å². The van der Waals surface area contributed by atoms with Crippen molar-refractivity contribution in [1.29, 1.82) is 0 Å². The van der Waals surface area contributed by atoms with E-state index >= 15 is 0 Å². The van der Waals surface area contributed by atoms with Crippen LogP contribution in [0.4, 0.5) is 0 Å². The Morgan fingerprint density at radius 1 is 1.61 bits per heavy atom. The first-order valence-electron chi connectivity index (χ1n) is 6.47. The summed E-state index contributed by atoms with van der Waals surface area (Å²) >= 11 is 7.52. The van der Waals surface area contributed by atoms with E-state index in [1.165, 1.54) is 11.3 Å². The quantitative estimate of drug-likeness (QED) is 0.905. The highest BCUT2D eigenvalue weighted by molar-refractivity contribution is 7.12. The van der Waals surface area contributed by atoms with Gasteiger partial charge in [-0.15, -0.1) is 11.3 Å². The molecule has 2 aliphatic rings. The number of halogens is 1. The third-order valence-electron chi connectivity index (χ3n) is 4.21. The Bertz CT molecular complexity index is 462. The molecule has 3 nitrogen and oxygen atoms in total. The first-order valence-corrected chi connectivity index (χ1v) is 7.72. The average Bonchev–Trinajstić information content (AvgIpc) is 3.01. The maximum atomic E-state index is 12.6. The third-order valence-corrected chi connectivity index (χ3v) is 5.54. The number of nitrogens with zero attached hydrogens (tertiary/aromatic N) is 1. The number of rotatable bonds is 2. The van der Waals surface area contributed by atoms with Crippen LogP contribution in [-0.4, -0.2) is 36.5 Å². The van der Waals surface area contributed by atoms with E-state index in [9.17, 15) is 4.79 Å². The molecule has 0 spiro atoms. The minimum absolute atomic E-state index is 0.122. The summed E-state index contributed by atoms with van der Waals surface area (Å²) in [5.74, 6) is 1.37. The molecule has 2 fully saturated rings. The monoisotopic (exact) mass is 284 g/mol. The molecule has 98 valence electrons. The predicted molar refractivity (Wildman–Crippen MR) is 74.3 cm³/mol. The van der Waals surface area contributed by atoms with Crippen molar-refractivity contribution >= 4 is 28.8 Å². The zero-order valence-electron chi connectivity index (χ0n) is 10.4. The molecule has 0 radical (unpaired) electrons. The number of hydrogen-bond acceptors (Lipinski definition) is 3. The number of hydrogen-bond donors (Lipinski definition) is 1. The van der Waals surface area contributed by atoms with Gasteiger partial charge in [0.1, 0.15) is 4.88 Å². The van der Waals surface area contributed by atoms with Gasteiger partial charge >= 0.3 is 0 Å². The van der Waals surface area contributed by atoms with Crippen LogP contribution in [0, 0.1) is 11.8 Å². The molecule has 3 rings (SSSR count). The molecule has 3 unspecified atom stereocenters. The van der Waals surface area contributed by atoms with Crippen LogP contribution < -0.4 is 5.32 Å². The Labute approximate surface area is 116 Å². The Morgan fingerprint density at radius 2 is 2.44 bits per heavy atom. The van der Waals surface area contributed by atoms with Gasteiger partial charge < -0.3 is 10.2 Å². The molecule has 3 heterocycles. The summed E-state index contributed by atoms with van der Waals surface area (Å²) in [6, 6.07) is 2.18. The number of carbonyl (C=O) groups is 1. The molecule has 2 aliphatic heterocycles. The van der Waals surface area contributed by atoms with Crippen molar-refractivity contribution in [3.63, 3.8) is 0 Å². The normalized spacial score (nSPS) is 30.8. The van der Waals surface area contributed by atoms with Gasteiger partial charge in [0.15, 0.2) is 0 Å². The summed E-state index contributed by atoms with van der Waals surface area (Å²) in [6.45, 7) is 5.14. The third kappa shape index (κ3) is 1.87. The van der Waals surface area contributed by atoms with Crippen molar-refractivity contribution in [2.45, 2.75) is 19.4 Å². The molecule has 0 aliphatic carbocycles. The van der Waals surface area contributed by atoms with E-state index in [4.69, 9.17) is 11.6 Å². The van der Waals surface area contributed by atoms with E-state index in [0.717, 1.165) is 26.1 Å². The fraction of sp³-hybridized carbons (Fsp3) is 0.615. The summed E-state index contributed by atoms with van der Waals surface area (Å²) in [7, 11) is 0. The highest BCUT2D eigenvalue weighted by atomic mass is 35.5. The molecule has 2 saturated heterocycles. The van der Waals surface area contributed by atoms with Crippen LogP contribution in [0.2, 0.25) is 5.02 Å². The molecule has 0 aromatic carbocycles. The summed E-state index contributed by atoms with van der Waals surface area (Å²) in [6.07, 6.45) is 1.03. The molecule has 3 atom stereocenters. The van der Waals surface area contributed by atoms with E-state index in [1.807, 2.05) is 10.3 Å². The maximum absolute atomic E-state index is 12.6. The fourth-order valence-electron chi connectivity index (χ4n) is 3.36. The number of carbonyl (C=O) groups excluding carboxylic acids is 1. The first-order chi connectivity index (χ1) is 8.72. The van der Waals surface area contributed by atoms with E-state index in [-0.39, 0.29) is 5.91 Å². The van der Waals surface area contributed by atoms with E-state index in [2.05, 4.69) is 12.2 Å². The van der Waals surface area contributed by atoms with Gasteiger partial charge in [-0.3, -0.25) is 4.79 Å². The first kappa shape index (κ1) is 12.5. The SMILES string of the molecule is CCC1C2CNCC2CN1C(=O)c1sccc1Cl. The van der Waals surface area contributed by atoms with Crippen LogP contribution >= 0.6 is 22.9 Å². The van der Waals surface area contributed by atoms with E-state index in [0.29, 0.717) is 27.8 Å². The molecule has 5 heteroatoms. The number of fused-ring (bicyclic) bond motifs is 1. The molecule has 1 aromatic rings. The molecule has 18 heavy (non-hydrogen) atoms.